The van der Waals surface area contributed by atoms with E-state index in [9.17, 15) is 19.7 Å². The molecular weight excluding hydrogens is 400 g/mol. The average molecular weight is 426 g/mol. The first-order valence-corrected chi connectivity index (χ1v) is 10.1. The van der Waals surface area contributed by atoms with Crippen molar-refractivity contribution in [2.75, 3.05) is 38.5 Å². The Labute approximate surface area is 180 Å². The summed E-state index contributed by atoms with van der Waals surface area (Å²) in [6.45, 7) is 4.92. The van der Waals surface area contributed by atoms with Gasteiger partial charge in [0, 0.05) is 45.8 Å². The second-order valence-corrected chi connectivity index (χ2v) is 7.37. The lowest BCUT2D eigenvalue weighted by molar-refractivity contribution is -0.384. The lowest BCUT2D eigenvalue weighted by Gasteiger charge is -2.35. The highest BCUT2D eigenvalue weighted by molar-refractivity contribution is 5.93. The molecular formula is C22H26N4O5. The SMILES string of the molecule is CNc1ccc(C(=O)OC(C)C(=O)N2CCN(Cc3ccccc3)CC2)cc1[N+](=O)[O-]. The number of ether oxygens (including phenoxy) is 1. The summed E-state index contributed by atoms with van der Waals surface area (Å²) in [5, 5.41) is 13.9. The summed E-state index contributed by atoms with van der Waals surface area (Å²) in [6.07, 6.45) is -0.976. The summed E-state index contributed by atoms with van der Waals surface area (Å²) in [7, 11) is 1.56. The van der Waals surface area contributed by atoms with Gasteiger partial charge in [-0.25, -0.2) is 4.79 Å². The van der Waals surface area contributed by atoms with Gasteiger partial charge < -0.3 is 15.0 Å². The van der Waals surface area contributed by atoms with Crippen LogP contribution in [0.2, 0.25) is 0 Å². The van der Waals surface area contributed by atoms with Gasteiger partial charge in [-0.2, -0.15) is 0 Å². The van der Waals surface area contributed by atoms with E-state index in [-0.39, 0.29) is 17.2 Å². The molecule has 3 rings (SSSR count). The monoisotopic (exact) mass is 426 g/mol. The standard InChI is InChI=1S/C22H26N4O5/c1-16(31-22(28)18-8-9-19(23-2)20(14-18)26(29)30)21(27)25-12-10-24(11-13-25)15-17-6-4-3-5-7-17/h3-9,14,16,23H,10-13,15H2,1-2H3. The lowest BCUT2D eigenvalue weighted by Crippen LogP contribution is -2.51. The smallest absolute Gasteiger partial charge is 0.339 e. The number of nitrogens with one attached hydrogen (secondary N) is 1. The van der Waals surface area contributed by atoms with Crippen LogP contribution in [-0.4, -0.2) is 65.9 Å². The van der Waals surface area contributed by atoms with Crippen molar-refractivity contribution in [3.05, 3.63) is 69.8 Å². The third-order valence-corrected chi connectivity index (χ3v) is 5.26. The van der Waals surface area contributed by atoms with E-state index >= 15 is 0 Å². The molecule has 1 unspecified atom stereocenters. The van der Waals surface area contributed by atoms with Crippen LogP contribution in [-0.2, 0) is 16.1 Å². The van der Waals surface area contributed by atoms with E-state index in [0.717, 1.165) is 25.7 Å². The van der Waals surface area contributed by atoms with E-state index in [1.54, 1.807) is 11.9 Å². The largest absolute Gasteiger partial charge is 0.449 e. The third-order valence-electron chi connectivity index (χ3n) is 5.26. The van der Waals surface area contributed by atoms with E-state index in [1.165, 1.54) is 24.6 Å². The van der Waals surface area contributed by atoms with Crippen molar-refractivity contribution in [1.82, 2.24) is 9.80 Å². The van der Waals surface area contributed by atoms with Crippen LogP contribution in [0.5, 0.6) is 0 Å². The summed E-state index contributed by atoms with van der Waals surface area (Å²) in [5.74, 6) is -1.04. The van der Waals surface area contributed by atoms with Gasteiger partial charge >= 0.3 is 5.97 Å². The number of piperazine rings is 1. The molecule has 0 saturated carbocycles. The molecule has 164 valence electrons. The van der Waals surface area contributed by atoms with Gasteiger partial charge in [0.1, 0.15) is 5.69 Å². The number of nitrogens with zero attached hydrogens (tertiary/aromatic N) is 3. The van der Waals surface area contributed by atoms with Crippen molar-refractivity contribution in [3.63, 3.8) is 0 Å². The van der Waals surface area contributed by atoms with Crippen molar-refractivity contribution in [3.8, 4) is 0 Å². The molecule has 2 aromatic rings. The highest BCUT2D eigenvalue weighted by Crippen LogP contribution is 2.25. The maximum absolute atomic E-state index is 12.7. The molecule has 1 aliphatic heterocycles. The minimum Gasteiger partial charge on any atom is -0.449 e. The number of hydrogen-bond acceptors (Lipinski definition) is 7. The molecule has 0 aromatic heterocycles. The van der Waals surface area contributed by atoms with Crippen molar-refractivity contribution >= 4 is 23.3 Å². The predicted molar refractivity (Wildman–Crippen MR) is 116 cm³/mol. The van der Waals surface area contributed by atoms with Gasteiger partial charge in [0.15, 0.2) is 6.10 Å². The normalized spacial score (nSPS) is 15.2. The second kappa shape index (κ2) is 10.0. The van der Waals surface area contributed by atoms with Gasteiger partial charge in [-0.15, -0.1) is 0 Å². The molecule has 0 bridgehead atoms. The van der Waals surface area contributed by atoms with Gasteiger partial charge in [0.25, 0.3) is 11.6 Å². The molecule has 31 heavy (non-hydrogen) atoms. The van der Waals surface area contributed by atoms with Gasteiger partial charge in [-0.3, -0.25) is 19.8 Å². The van der Waals surface area contributed by atoms with Crippen LogP contribution < -0.4 is 5.32 Å². The molecule has 2 aromatic carbocycles. The first kappa shape index (κ1) is 22.2. The molecule has 0 radical (unpaired) electrons. The summed E-state index contributed by atoms with van der Waals surface area (Å²) in [6, 6.07) is 14.2. The van der Waals surface area contributed by atoms with Crippen LogP contribution in [0.25, 0.3) is 0 Å². The Balaban J connectivity index is 1.54. The first-order valence-electron chi connectivity index (χ1n) is 10.1. The van der Waals surface area contributed by atoms with Crippen LogP contribution in [0.3, 0.4) is 0 Å². The number of benzene rings is 2. The Morgan fingerprint density at radius 2 is 1.81 bits per heavy atom. The van der Waals surface area contributed by atoms with E-state index in [4.69, 9.17) is 4.74 Å². The van der Waals surface area contributed by atoms with Gasteiger partial charge in [0.2, 0.25) is 0 Å². The highest BCUT2D eigenvalue weighted by Gasteiger charge is 2.28. The van der Waals surface area contributed by atoms with E-state index in [2.05, 4.69) is 22.3 Å². The number of hydrogen-bond donors (Lipinski definition) is 1. The van der Waals surface area contributed by atoms with E-state index < -0.39 is 17.0 Å². The van der Waals surface area contributed by atoms with Crippen LogP contribution in [0, 0.1) is 10.1 Å². The Hall–Kier alpha value is -3.46. The summed E-state index contributed by atoms with van der Waals surface area (Å²) in [5.41, 5.74) is 1.31. The fourth-order valence-electron chi connectivity index (χ4n) is 3.53. The van der Waals surface area contributed by atoms with Crippen molar-refractivity contribution in [1.29, 1.82) is 0 Å². The van der Waals surface area contributed by atoms with Crippen LogP contribution in [0.15, 0.2) is 48.5 Å². The van der Waals surface area contributed by atoms with Gasteiger partial charge in [-0.05, 0) is 24.6 Å². The Bertz CT molecular complexity index is 942. The third kappa shape index (κ3) is 5.58. The molecule has 1 atom stereocenters. The first-order chi connectivity index (χ1) is 14.9. The molecule has 1 aliphatic rings. The van der Waals surface area contributed by atoms with Gasteiger partial charge in [0.05, 0.1) is 10.5 Å². The lowest BCUT2D eigenvalue weighted by atomic mass is 10.1. The number of esters is 1. The van der Waals surface area contributed by atoms with Crippen LogP contribution in [0.1, 0.15) is 22.8 Å². The molecule has 0 aliphatic carbocycles. The van der Waals surface area contributed by atoms with Crippen molar-refractivity contribution in [2.24, 2.45) is 0 Å². The summed E-state index contributed by atoms with van der Waals surface area (Å²) >= 11 is 0. The zero-order valence-corrected chi connectivity index (χ0v) is 17.6. The highest BCUT2D eigenvalue weighted by atomic mass is 16.6. The fraction of sp³-hybridized carbons (Fsp3) is 0.364. The number of carbonyl (C=O) groups excluding carboxylic acids is 2. The quantitative estimate of drug-likeness (QED) is 0.412. The molecule has 1 N–H and O–H groups in total. The Morgan fingerprint density at radius 1 is 1.13 bits per heavy atom. The average Bonchev–Trinajstić information content (AvgIpc) is 2.79. The minimum atomic E-state index is -0.976. The van der Waals surface area contributed by atoms with E-state index in [0.29, 0.717) is 18.8 Å². The Morgan fingerprint density at radius 3 is 2.42 bits per heavy atom. The summed E-state index contributed by atoms with van der Waals surface area (Å²) < 4.78 is 5.30. The molecule has 1 amide bonds. The zero-order chi connectivity index (χ0) is 22.4. The maximum atomic E-state index is 12.7. The number of carbonyl (C=O) groups is 2. The molecule has 9 nitrogen and oxygen atoms in total. The molecule has 1 saturated heterocycles. The predicted octanol–water partition coefficient (Wildman–Crippen LogP) is 2.53. The molecule has 1 heterocycles. The van der Waals surface area contributed by atoms with E-state index in [1.807, 2.05) is 18.2 Å². The Kier molecular flexibility index (Phi) is 7.19. The number of anilines is 1. The number of nitro benzene ring substituents is 1. The summed E-state index contributed by atoms with van der Waals surface area (Å²) in [4.78, 5) is 39.7. The number of nitro groups is 1. The molecule has 0 spiro atoms. The molecule has 1 fully saturated rings. The number of rotatable bonds is 7. The zero-order valence-electron chi connectivity index (χ0n) is 17.6. The van der Waals surface area contributed by atoms with Crippen LogP contribution in [0.4, 0.5) is 11.4 Å². The van der Waals surface area contributed by atoms with Crippen molar-refractivity contribution in [2.45, 2.75) is 19.6 Å². The second-order valence-electron chi connectivity index (χ2n) is 7.37. The maximum Gasteiger partial charge on any atom is 0.339 e. The number of amides is 1. The minimum absolute atomic E-state index is 0.0260. The molecule has 9 heteroatoms. The van der Waals surface area contributed by atoms with Crippen molar-refractivity contribution < 1.29 is 19.2 Å². The van der Waals surface area contributed by atoms with Crippen LogP contribution >= 0.6 is 0 Å². The topological polar surface area (TPSA) is 105 Å². The fourth-order valence-corrected chi connectivity index (χ4v) is 3.53. The van der Waals surface area contributed by atoms with Gasteiger partial charge in [-0.1, -0.05) is 30.3 Å².